The smallest absolute Gasteiger partial charge is 0.276 e. The van der Waals surface area contributed by atoms with E-state index in [1.54, 1.807) is 42.8 Å². The van der Waals surface area contributed by atoms with Gasteiger partial charge in [-0.1, -0.05) is 0 Å². The molecule has 0 saturated heterocycles. The fourth-order valence-electron chi connectivity index (χ4n) is 1.86. The number of anilines is 2. The standard InChI is InChI=1S/C15H13N5O3S/c1-23-10-4-2-9(3-5-10)13(21)19-15-17-11(8-24-15)14(22)18-12-6-7-16-20-12/h2-8H,1H3,(H,17,19,21)(H2,16,18,20,22). The van der Waals surface area contributed by atoms with E-state index in [0.29, 0.717) is 22.3 Å². The van der Waals surface area contributed by atoms with Crippen molar-refractivity contribution in [1.29, 1.82) is 0 Å². The Labute approximate surface area is 140 Å². The molecule has 3 aromatic rings. The number of thiazole rings is 1. The first-order chi connectivity index (χ1) is 11.7. The molecule has 2 amide bonds. The topological polar surface area (TPSA) is 109 Å². The second kappa shape index (κ2) is 6.92. The lowest BCUT2D eigenvalue weighted by Crippen LogP contribution is -2.14. The molecule has 0 aliphatic carbocycles. The molecule has 2 aromatic heterocycles. The van der Waals surface area contributed by atoms with Crippen molar-refractivity contribution in [3.05, 3.63) is 53.2 Å². The number of nitrogens with zero attached hydrogens (tertiary/aromatic N) is 2. The first-order valence-corrected chi connectivity index (χ1v) is 7.75. The van der Waals surface area contributed by atoms with Crippen LogP contribution in [0.25, 0.3) is 0 Å². The number of hydrogen-bond acceptors (Lipinski definition) is 6. The van der Waals surface area contributed by atoms with Gasteiger partial charge < -0.3 is 10.1 Å². The van der Waals surface area contributed by atoms with Gasteiger partial charge in [-0.2, -0.15) is 5.10 Å². The molecule has 0 bridgehead atoms. The molecule has 9 heteroatoms. The van der Waals surface area contributed by atoms with Crippen LogP contribution in [0.15, 0.2) is 41.9 Å². The predicted octanol–water partition coefficient (Wildman–Crippen LogP) is 2.38. The molecular formula is C15H13N5O3S. The van der Waals surface area contributed by atoms with E-state index in [1.165, 1.54) is 17.5 Å². The number of carbonyl (C=O) groups is 2. The van der Waals surface area contributed by atoms with Crippen molar-refractivity contribution in [2.75, 3.05) is 17.7 Å². The van der Waals surface area contributed by atoms with Crippen LogP contribution in [0.3, 0.4) is 0 Å². The first kappa shape index (κ1) is 15.7. The minimum absolute atomic E-state index is 0.208. The molecule has 24 heavy (non-hydrogen) atoms. The molecule has 0 atom stereocenters. The summed E-state index contributed by atoms with van der Waals surface area (Å²) in [5, 5.41) is 13.5. The Bertz CT molecular complexity index is 842. The molecule has 0 fully saturated rings. The monoisotopic (exact) mass is 343 g/mol. The van der Waals surface area contributed by atoms with Gasteiger partial charge in [0, 0.05) is 17.0 Å². The van der Waals surface area contributed by atoms with Crippen molar-refractivity contribution in [2.24, 2.45) is 0 Å². The largest absolute Gasteiger partial charge is 0.497 e. The van der Waals surface area contributed by atoms with Gasteiger partial charge in [0.1, 0.15) is 17.3 Å². The Hall–Kier alpha value is -3.20. The van der Waals surface area contributed by atoms with Crippen LogP contribution in [-0.4, -0.2) is 34.1 Å². The maximum absolute atomic E-state index is 12.2. The summed E-state index contributed by atoms with van der Waals surface area (Å²) >= 11 is 1.17. The van der Waals surface area contributed by atoms with E-state index in [2.05, 4.69) is 25.8 Å². The Morgan fingerprint density at radius 2 is 1.92 bits per heavy atom. The number of aromatic nitrogens is 3. The summed E-state index contributed by atoms with van der Waals surface area (Å²) in [4.78, 5) is 28.3. The van der Waals surface area contributed by atoms with E-state index in [1.807, 2.05) is 0 Å². The van der Waals surface area contributed by atoms with Gasteiger partial charge in [0.15, 0.2) is 5.13 Å². The third-order valence-electron chi connectivity index (χ3n) is 3.06. The zero-order valence-electron chi connectivity index (χ0n) is 12.6. The predicted molar refractivity (Wildman–Crippen MR) is 89.6 cm³/mol. The molecule has 1 aromatic carbocycles. The Morgan fingerprint density at radius 1 is 1.12 bits per heavy atom. The van der Waals surface area contributed by atoms with Crippen molar-refractivity contribution in [3.8, 4) is 5.75 Å². The van der Waals surface area contributed by atoms with Gasteiger partial charge in [-0.15, -0.1) is 11.3 Å². The molecule has 0 radical (unpaired) electrons. The normalized spacial score (nSPS) is 10.2. The van der Waals surface area contributed by atoms with Crippen LogP contribution < -0.4 is 15.4 Å². The lowest BCUT2D eigenvalue weighted by Gasteiger charge is -2.03. The number of ether oxygens (including phenoxy) is 1. The highest BCUT2D eigenvalue weighted by atomic mass is 32.1. The highest BCUT2D eigenvalue weighted by Gasteiger charge is 2.14. The van der Waals surface area contributed by atoms with Gasteiger partial charge in [0.2, 0.25) is 0 Å². The first-order valence-electron chi connectivity index (χ1n) is 6.87. The van der Waals surface area contributed by atoms with Crippen molar-refractivity contribution in [3.63, 3.8) is 0 Å². The number of nitrogens with one attached hydrogen (secondary N) is 3. The van der Waals surface area contributed by atoms with Crippen LogP contribution in [-0.2, 0) is 0 Å². The zero-order valence-corrected chi connectivity index (χ0v) is 13.4. The average molecular weight is 343 g/mol. The molecule has 0 spiro atoms. The Balaban J connectivity index is 1.64. The van der Waals surface area contributed by atoms with Crippen LogP contribution in [0.1, 0.15) is 20.8 Å². The molecule has 2 heterocycles. The molecule has 0 aliphatic rings. The number of benzene rings is 1. The SMILES string of the molecule is COc1ccc(C(=O)Nc2nc(C(=O)Nc3ccn[nH]3)cs2)cc1. The summed E-state index contributed by atoms with van der Waals surface area (Å²) in [6.45, 7) is 0. The van der Waals surface area contributed by atoms with Crippen LogP contribution in [0.2, 0.25) is 0 Å². The average Bonchev–Trinajstić information content (AvgIpc) is 3.27. The Kier molecular flexibility index (Phi) is 4.52. The van der Waals surface area contributed by atoms with E-state index in [-0.39, 0.29) is 17.5 Å². The summed E-state index contributed by atoms with van der Waals surface area (Å²) in [6, 6.07) is 8.30. The van der Waals surface area contributed by atoms with Gasteiger partial charge in [-0.3, -0.25) is 20.0 Å². The van der Waals surface area contributed by atoms with Gasteiger partial charge in [-0.25, -0.2) is 4.98 Å². The number of rotatable bonds is 5. The molecule has 3 rings (SSSR count). The quantitative estimate of drug-likeness (QED) is 0.659. The van der Waals surface area contributed by atoms with Gasteiger partial charge in [0.05, 0.1) is 13.3 Å². The van der Waals surface area contributed by atoms with Gasteiger partial charge in [0.25, 0.3) is 11.8 Å². The molecule has 122 valence electrons. The van der Waals surface area contributed by atoms with Crippen LogP contribution in [0.4, 0.5) is 10.9 Å². The van der Waals surface area contributed by atoms with Crippen molar-refractivity contribution in [2.45, 2.75) is 0 Å². The minimum Gasteiger partial charge on any atom is -0.497 e. The number of H-pyrrole nitrogens is 1. The van der Waals surface area contributed by atoms with Crippen LogP contribution in [0.5, 0.6) is 5.75 Å². The molecular weight excluding hydrogens is 330 g/mol. The maximum Gasteiger partial charge on any atom is 0.276 e. The van der Waals surface area contributed by atoms with E-state index in [0.717, 1.165) is 0 Å². The summed E-state index contributed by atoms with van der Waals surface area (Å²) in [6.07, 6.45) is 1.52. The number of amides is 2. The fourth-order valence-corrected chi connectivity index (χ4v) is 2.54. The number of aromatic amines is 1. The van der Waals surface area contributed by atoms with Crippen LogP contribution >= 0.6 is 11.3 Å². The van der Waals surface area contributed by atoms with Crippen LogP contribution in [0, 0.1) is 0 Å². The lowest BCUT2D eigenvalue weighted by molar-refractivity contribution is 0.101. The highest BCUT2D eigenvalue weighted by molar-refractivity contribution is 7.14. The third kappa shape index (κ3) is 3.58. The van der Waals surface area contributed by atoms with E-state index < -0.39 is 0 Å². The minimum atomic E-state index is -0.388. The molecule has 3 N–H and O–H groups in total. The lowest BCUT2D eigenvalue weighted by atomic mass is 10.2. The second-order valence-corrected chi connectivity index (χ2v) is 5.50. The molecule has 0 saturated carbocycles. The number of carbonyl (C=O) groups excluding carboxylic acids is 2. The summed E-state index contributed by atoms with van der Waals surface area (Å²) < 4.78 is 5.05. The second-order valence-electron chi connectivity index (χ2n) is 4.64. The van der Waals surface area contributed by atoms with Gasteiger partial charge in [-0.05, 0) is 24.3 Å². The molecule has 0 unspecified atom stereocenters. The Morgan fingerprint density at radius 3 is 2.58 bits per heavy atom. The zero-order chi connectivity index (χ0) is 16.9. The van der Waals surface area contributed by atoms with E-state index in [9.17, 15) is 9.59 Å². The summed E-state index contributed by atoms with van der Waals surface area (Å²) in [7, 11) is 1.56. The van der Waals surface area contributed by atoms with Crippen molar-refractivity contribution in [1.82, 2.24) is 15.2 Å². The van der Waals surface area contributed by atoms with E-state index >= 15 is 0 Å². The summed E-state index contributed by atoms with van der Waals surface area (Å²) in [5.41, 5.74) is 0.675. The third-order valence-corrected chi connectivity index (χ3v) is 3.82. The van der Waals surface area contributed by atoms with Crippen molar-refractivity contribution >= 4 is 34.1 Å². The summed E-state index contributed by atoms with van der Waals surface area (Å²) in [5.74, 6) is 0.434. The molecule has 0 aliphatic heterocycles. The molecule has 8 nitrogen and oxygen atoms in total. The number of hydrogen-bond donors (Lipinski definition) is 3. The van der Waals surface area contributed by atoms with Crippen molar-refractivity contribution < 1.29 is 14.3 Å². The van der Waals surface area contributed by atoms with E-state index in [4.69, 9.17) is 4.74 Å². The fraction of sp³-hybridized carbons (Fsp3) is 0.0667. The van der Waals surface area contributed by atoms with Gasteiger partial charge >= 0.3 is 0 Å². The maximum atomic E-state index is 12.2. The number of methoxy groups -OCH3 is 1. The highest BCUT2D eigenvalue weighted by Crippen LogP contribution is 2.18.